The Kier molecular flexibility index (Phi) is 7.95. The van der Waals surface area contributed by atoms with Gasteiger partial charge in [-0.25, -0.2) is 4.79 Å². The Labute approximate surface area is 181 Å². The van der Waals surface area contributed by atoms with Crippen LogP contribution in [0.15, 0.2) is 34.9 Å². The van der Waals surface area contributed by atoms with Crippen LogP contribution in [0.4, 0.5) is 10.5 Å². The van der Waals surface area contributed by atoms with Crippen molar-refractivity contribution in [3.63, 3.8) is 0 Å². The number of rotatable bonds is 7. The van der Waals surface area contributed by atoms with Crippen LogP contribution < -0.4 is 16.0 Å². The molecule has 9 heteroatoms. The second kappa shape index (κ2) is 10.4. The average Bonchev–Trinajstić information content (AvgIpc) is 3.03. The van der Waals surface area contributed by atoms with Crippen LogP contribution in [0.5, 0.6) is 0 Å². The molecule has 3 amide bonds. The van der Waals surface area contributed by atoms with E-state index in [-0.39, 0.29) is 6.54 Å². The van der Waals surface area contributed by atoms with Gasteiger partial charge in [-0.3, -0.25) is 9.59 Å². The highest BCUT2D eigenvalue weighted by molar-refractivity contribution is 5.97. The molecule has 1 aromatic carbocycles. The molecule has 166 valence electrons. The van der Waals surface area contributed by atoms with Gasteiger partial charge in [0, 0.05) is 0 Å². The van der Waals surface area contributed by atoms with Crippen LogP contribution in [0.25, 0.3) is 12.2 Å². The molecule has 1 aromatic heterocycles. The standard InChI is InChI=1S/C22H28N4O5/c1-14-19(17(31-26-14)12-11-16-9-7-6-8-10-16)25-18(27)13-23-20(28)15(2)24-21(29)30-22(3,4)5/h6-12,15H,13H2,1-5H3,(H,23,28)(H,24,29)(H,25,27)/b12-11+/t15-/m1/s1. The van der Waals surface area contributed by atoms with Crippen LogP contribution >= 0.6 is 0 Å². The highest BCUT2D eigenvalue weighted by atomic mass is 16.6. The maximum absolute atomic E-state index is 12.3. The maximum atomic E-state index is 12.3. The topological polar surface area (TPSA) is 123 Å². The van der Waals surface area contributed by atoms with Crippen LogP contribution in [0.2, 0.25) is 0 Å². The van der Waals surface area contributed by atoms with E-state index in [2.05, 4.69) is 21.1 Å². The molecule has 0 unspecified atom stereocenters. The van der Waals surface area contributed by atoms with Gasteiger partial charge in [-0.05, 0) is 46.3 Å². The number of hydrogen-bond acceptors (Lipinski definition) is 6. The van der Waals surface area contributed by atoms with Crippen LogP contribution in [-0.4, -0.2) is 41.3 Å². The van der Waals surface area contributed by atoms with Gasteiger partial charge in [0.2, 0.25) is 11.8 Å². The first-order valence-corrected chi connectivity index (χ1v) is 9.81. The Hall–Kier alpha value is -3.62. The molecule has 0 aliphatic rings. The van der Waals surface area contributed by atoms with E-state index in [1.54, 1.807) is 33.8 Å². The number of carbonyl (C=O) groups excluding carboxylic acids is 3. The molecule has 0 saturated carbocycles. The zero-order valence-corrected chi connectivity index (χ0v) is 18.3. The number of aromatic nitrogens is 1. The monoisotopic (exact) mass is 428 g/mol. The summed E-state index contributed by atoms with van der Waals surface area (Å²) in [5.74, 6) is -0.591. The van der Waals surface area contributed by atoms with Gasteiger partial charge in [-0.2, -0.15) is 0 Å². The first-order chi connectivity index (χ1) is 14.5. The van der Waals surface area contributed by atoms with E-state index in [1.165, 1.54) is 6.92 Å². The molecule has 0 fully saturated rings. The molecule has 1 heterocycles. The van der Waals surface area contributed by atoms with Crippen LogP contribution in [0.3, 0.4) is 0 Å². The van der Waals surface area contributed by atoms with Crippen molar-refractivity contribution in [3.05, 3.63) is 47.3 Å². The summed E-state index contributed by atoms with van der Waals surface area (Å²) in [5.41, 5.74) is 1.22. The zero-order valence-electron chi connectivity index (χ0n) is 18.3. The van der Waals surface area contributed by atoms with E-state index in [4.69, 9.17) is 9.26 Å². The summed E-state index contributed by atoms with van der Waals surface area (Å²) >= 11 is 0. The first kappa shape index (κ1) is 23.7. The molecule has 2 aromatic rings. The molecule has 0 spiro atoms. The number of carbonyl (C=O) groups is 3. The van der Waals surface area contributed by atoms with Crippen molar-refractivity contribution in [2.24, 2.45) is 0 Å². The Bertz CT molecular complexity index is 945. The van der Waals surface area contributed by atoms with E-state index in [9.17, 15) is 14.4 Å². The number of ether oxygens (including phenoxy) is 1. The lowest BCUT2D eigenvalue weighted by molar-refractivity contribution is -0.125. The molecule has 9 nitrogen and oxygen atoms in total. The summed E-state index contributed by atoms with van der Waals surface area (Å²) in [4.78, 5) is 36.2. The molecule has 3 N–H and O–H groups in total. The fraction of sp³-hybridized carbons (Fsp3) is 0.364. The van der Waals surface area contributed by atoms with Gasteiger partial charge in [0.05, 0.1) is 6.54 Å². The molecular formula is C22H28N4O5. The zero-order chi connectivity index (χ0) is 23.0. The lowest BCUT2D eigenvalue weighted by atomic mass is 10.2. The number of alkyl carbamates (subject to hydrolysis) is 1. The van der Waals surface area contributed by atoms with Gasteiger partial charge < -0.3 is 25.2 Å². The summed E-state index contributed by atoms with van der Waals surface area (Å²) in [6.45, 7) is 8.07. The Morgan fingerprint density at radius 3 is 2.48 bits per heavy atom. The highest BCUT2D eigenvalue weighted by Gasteiger charge is 2.21. The minimum absolute atomic E-state index is 0.286. The largest absolute Gasteiger partial charge is 0.444 e. The third-order valence-corrected chi connectivity index (χ3v) is 3.93. The van der Waals surface area contributed by atoms with Crippen LogP contribution in [0, 0.1) is 6.92 Å². The van der Waals surface area contributed by atoms with Gasteiger partial charge in [0.15, 0.2) is 5.76 Å². The van der Waals surface area contributed by atoms with Crippen molar-refractivity contribution in [2.75, 3.05) is 11.9 Å². The van der Waals surface area contributed by atoms with Crippen LogP contribution in [-0.2, 0) is 14.3 Å². The third-order valence-electron chi connectivity index (χ3n) is 3.93. The summed E-state index contributed by atoms with van der Waals surface area (Å²) in [6, 6.07) is 8.73. The summed E-state index contributed by atoms with van der Waals surface area (Å²) in [6.07, 6.45) is 2.83. The lowest BCUT2D eigenvalue weighted by Crippen LogP contribution is -2.48. The summed E-state index contributed by atoms with van der Waals surface area (Å²) in [5, 5.41) is 11.5. The van der Waals surface area contributed by atoms with Crippen molar-refractivity contribution in [2.45, 2.75) is 46.3 Å². The third kappa shape index (κ3) is 7.96. The van der Waals surface area contributed by atoms with Gasteiger partial charge >= 0.3 is 6.09 Å². The number of nitrogens with zero attached hydrogens (tertiary/aromatic N) is 1. The smallest absolute Gasteiger partial charge is 0.408 e. The molecule has 0 saturated heterocycles. The number of benzene rings is 1. The molecule has 1 atom stereocenters. The number of nitrogens with one attached hydrogen (secondary N) is 3. The van der Waals surface area contributed by atoms with Gasteiger partial charge in [-0.15, -0.1) is 0 Å². The van der Waals surface area contributed by atoms with Crippen molar-refractivity contribution in [1.82, 2.24) is 15.8 Å². The Morgan fingerprint density at radius 2 is 1.84 bits per heavy atom. The predicted octanol–water partition coefficient (Wildman–Crippen LogP) is 3.12. The second-order valence-electron chi connectivity index (χ2n) is 7.89. The fourth-order valence-corrected chi connectivity index (χ4v) is 2.44. The van der Waals surface area contributed by atoms with Crippen molar-refractivity contribution < 1.29 is 23.6 Å². The number of hydrogen-bond donors (Lipinski definition) is 3. The maximum Gasteiger partial charge on any atom is 0.408 e. The summed E-state index contributed by atoms with van der Waals surface area (Å²) in [7, 11) is 0. The molecule has 0 bridgehead atoms. The normalized spacial score (nSPS) is 12.3. The van der Waals surface area contributed by atoms with Crippen LogP contribution in [0.1, 0.15) is 44.7 Å². The van der Waals surface area contributed by atoms with E-state index < -0.39 is 29.6 Å². The van der Waals surface area contributed by atoms with E-state index in [1.807, 2.05) is 36.4 Å². The first-order valence-electron chi connectivity index (χ1n) is 9.81. The van der Waals surface area contributed by atoms with Crippen molar-refractivity contribution in [1.29, 1.82) is 0 Å². The number of anilines is 1. The Morgan fingerprint density at radius 1 is 1.16 bits per heavy atom. The molecule has 2 rings (SSSR count). The van der Waals surface area contributed by atoms with Gasteiger partial charge in [-0.1, -0.05) is 41.6 Å². The second-order valence-corrected chi connectivity index (χ2v) is 7.89. The number of aryl methyl sites for hydroxylation is 1. The highest BCUT2D eigenvalue weighted by Crippen LogP contribution is 2.22. The fourth-order valence-electron chi connectivity index (χ4n) is 2.44. The average molecular weight is 428 g/mol. The Balaban J connectivity index is 1.89. The van der Waals surface area contributed by atoms with E-state index in [0.717, 1.165) is 5.56 Å². The molecule has 0 aliphatic carbocycles. The molecule has 31 heavy (non-hydrogen) atoms. The van der Waals surface area contributed by atoms with E-state index in [0.29, 0.717) is 17.1 Å². The van der Waals surface area contributed by atoms with Crippen molar-refractivity contribution in [3.8, 4) is 0 Å². The lowest BCUT2D eigenvalue weighted by Gasteiger charge is -2.21. The van der Waals surface area contributed by atoms with Gasteiger partial charge in [0.25, 0.3) is 0 Å². The summed E-state index contributed by atoms with van der Waals surface area (Å²) < 4.78 is 10.4. The molecule has 0 aliphatic heterocycles. The SMILES string of the molecule is Cc1noc(/C=C/c2ccccc2)c1NC(=O)CNC(=O)[C@@H](C)NC(=O)OC(C)(C)C. The number of amides is 3. The molecule has 0 radical (unpaired) electrons. The minimum atomic E-state index is -0.871. The van der Waals surface area contributed by atoms with Gasteiger partial charge in [0.1, 0.15) is 23.0 Å². The van der Waals surface area contributed by atoms with E-state index >= 15 is 0 Å². The minimum Gasteiger partial charge on any atom is -0.444 e. The predicted molar refractivity (Wildman–Crippen MR) is 117 cm³/mol. The molecular weight excluding hydrogens is 400 g/mol. The van der Waals surface area contributed by atoms with Crippen molar-refractivity contribution >= 4 is 35.7 Å². The quantitative estimate of drug-likeness (QED) is 0.623.